The van der Waals surface area contributed by atoms with Crippen LogP contribution in [0.2, 0.25) is 10.0 Å². The Morgan fingerprint density at radius 3 is 2.36 bits per heavy atom. The van der Waals surface area contributed by atoms with Gasteiger partial charge < -0.3 is 4.84 Å². The first-order valence-electron chi connectivity index (χ1n) is 8.06. The molecule has 140 valence electrons. The minimum absolute atomic E-state index is 0.277. The third-order valence-electron chi connectivity index (χ3n) is 3.55. The maximum absolute atomic E-state index is 12.0. The molecule has 0 heterocycles. The van der Waals surface area contributed by atoms with Crippen molar-refractivity contribution >= 4 is 46.5 Å². The second kappa shape index (κ2) is 9.12. The maximum Gasteiger partial charge on any atom is 0.362 e. The van der Waals surface area contributed by atoms with E-state index in [1.807, 2.05) is 0 Å². The molecule has 0 saturated heterocycles. The summed E-state index contributed by atoms with van der Waals surface area (Å²) < 4.78 is 0. The van der Waals surface area contributed by atoms with E-state index in [4.69, 9.17) is 28.0 Å². The Morgan fingerprint density at radius 1 is 0.893 bits per heavy atom. The molecule has 0 atom stereocenters. The topological polar surface area (TPSA) is 80.1 Å². The Bertz CT molecular complexity index is 1040. The fourth-order valence-electron chi connectivity index (χ4n) is 2.17. The number of hydrogen-bond donors (Lipinski definition) is 1. The van der Waals surface area contributed by atoms with Gasteiger partial charge in [-0.1, -0.05) is 41.4 Å². The molecule has 1 N–H and O–H groups in total. The molecule has 1 amide bonds. The number of carbonyl (C=O) groups excluding carboxylic acids is 2. The number of halogens is 2. The summed E-state index contributed by atoms with van der Waals surface area (Å²) in [7, 11) is 0. The van der Waals surface area contributed by atoms with Crippen LogP contribution in [0.1, 0.15) is 20.7 Å². The maximum atomic E-state index is 12.0. The van der Waals surface area contributed by atoms with Crippen LogP contribution in [-0.2, 0) is 4.84 Å². The molecule has 3 rings (SSSR count). The van der Waals surface area contributed by atoms with Gasteiger partial charge in [-0.3, -0.25) is 4.79 Å². The molecule has 28 heavy (non-hydrogen) atoms. The first-order chi connectivity index (χ1) is 13.5. The van der Waals surface area contributed by atoms with Crippen LogP contribution < -0.4 is 5.48 Å². The first kappa shape index (κ1) is 19.5. The van der Waals surface area contributed by atoms with Gasteiger partial charge in [-0.25, -0.2) is 10.3 Å². The minimum Gasteiger partial charge on any atom is -0.338 e. The van der Waals surface area contributed by atoms with E-state index >= 15 is 0 Å². The second-order valence-corrected chi connectivity index (χ2v) is 6.38. The fourth-order valence-corrected chi connectivity index (χ4v) is 2.57. The highest BCUT2D eigenvalue weighted by Crippen LogP contribution is 2.20. The average Bonchev–Trinajstić information content (AvgIpc) is 2.71. The number of nitrogens with one attached hydrogen (secondary N) is 1. The van der Waals surface area contributed by atoms with Crippen molar-refractivity contribution in [1.29, 1.82) is 0 Å². The Morgan fingerprint density at radius 2 is 1.64 bits per heavy atom. The molecule has 0 aliphatic heterocycles. The van der Waals surface area contributed by atoms with Gasteiger partial charge in [0, 0.05) is 5.02 Å². The summed E-state index contributed by atoms with van der Waals surface area (Å²) in [6.45, 7) is 0. The van der Waals surface area contributed by atoms with Crippen molar-refractivity contribution in [2.24, 2.45) is 10.2 Å². The predicted octanol–water partition coefficient (Wildman–Crippen LogP) is 6.10. The molecular weight excluding hydrogens is 401 g/mol. The number of anilines is 1. The lowest BCUT2D eigenvalue weighted by Gasteiger charge is -2.07. The number of rotatable bonds is 5. The van der Waals surface area contributed by atoms with Gasteiger partial charge in [-0.05, 0) is 54.6 Å². The van der Waals surface area contributed by atoms with Gasteiger partial charge >= 0.3 is 5.97 Å². The van der Waals surface area contributed by atoms with E-state index in [1.165, 1.54) is 6.07 Å². The van der Waals surface area contributed by atoms with E-state index in [0.29, 0.717) is 27.0 Å². The minimum atomic E-state index is -0.573. The fraction of sp³-hybridized carbons (Fsp3) is 0. The highest BCUT2D eigenvalue weighted by molar-refractivity contribution is 6.33. The van der Waals surface area contributed by atoms with Crippen molar-refractivity contribution in [3.63, 3.8) is 0 Å². The Kier molecular flexibility index (Phi) is 6.37. The van der Waals surface area contributed by atoms with Crippen LogP contribution in [0.25, 0.3) is 0 Å². The molecule has 0 aliphatic carbocycles. The monoisotopic (exact) mass is 413 g/mol. The lowest BCUT2D eigenvalue weighted by atomic mass is 10.2. The predicted molar refractivity (Wildman–Crippen MR) is 107 cm³/mol. The van der Waals surface area contributed by atoms with Crippen molar-refractivity contribution in [3.8, 4) is 0 Å². The van der Waals surface area contributed by atoms with Gasteiger partial charge in [0.25, 0.3) is 5.91 Å². The Hall–Kier alpha value is -3.22. The highest BCUT2D eigenvalue weighted by Gasteiger charge is 2.09. The summed E-state index contributed by atoms with van der Waals surface area (Å²) in [5, 5.41) is 8.30. The SMILES string of the molecule is O=C(ONc1ccc(N=NC(=O)c2ccccc2Cl)cc1)c1cccc(Cl)c1. The number of benzene rings is 3. The molecule has 0 aliphatic rings. The van der Waals surface area contributed by atoms with Gasteiger partial charge in [0.05, 0.1) is 27.5 Å². The third kappa shape index (κ3) is 5.16. The smallest absolute Gasteiger partial charge is 0.338 e. The van der Waals surface area contributed by atoms with E-state index in [2.05, 4.69) is 15.7 Å². The van der Waals surface area contributed by atoms with Crippen LogP contribution in [0.4, 0.5) is 11.4 Å². The number of amides is 1. The van der Waals surface area contributed by atoms with E-state index in [0.717, 1.165) is 0 Å². The van der Waals surface area contributed by atoms with Gasteiger partial charge in [-0.15, -0.1) is 10.2 Å². The zero-order valence-corrected chi connectivity index (χ0v) is 15.8. The zero-order chi connectivity index (χ0) is 19.9. The molecule has 8 heteroatoms. The summed E-state index contributed by atoms with van der Waals surface area (Å²) in [5.41, 5.74) is 4.11. The summed E-state index contributed by atoms with van der Waals surface area (Å²) >= 11 is 11.8. The number of azo groups is 1. The van der Waals surface area contributed by atoms with Crippen molar-refractivity contribution < 1.29 is 14.4 Å². The molecule has 0 bridgehead atoms. The Balaban J connectivity index is 1.58. The van der Waals surface area contributed by atoms with Crippen LogP contribution in [-0.4, -0.2) is 11.9 Å². The summed E-state index contributed by atoms with van der Waals surface area (Å²) in [5.74, 6) is -1.11. The lowest BCUT2D eigenvalue weighted by molar-refractivity contribution is 0.0596. The normalized spacial score (nSPS) is 10.6. The molecule has 0 fully saturated rings. The first-order valence-corrected chi connectivity index (χ1v) is 8.82. The third-order valence-corrected chi connectivity index (χ3v) is 4.11. The van der Waals surface area contributed by atoms with E-state index < -0.39 is 11.9 Å². The van der Waals surface area contributed by atoms with E-state index in [1.54, 1.807) is 66.7 Å². The molecule has 0 radical (unpaired) electrons. The van der Waals surface area contributed by atoms with Crippen LogP contribution >= 0.6 is 23.2 Å². The summed E-state index contributed by atoms with van der Waals surface area (Å²) in [4.78, 5) is 29.0. The van der Waals surface area contributed by atoms with Crippen molar-refractivity contribution in [2.45, 2.75) is 0 Å². The Labute approximate surface area is 170 Å². The van der Waals surface area contributed by atoms with Gasteiger partial charge in [0.15, 0.2) is 0 Å². The largest absolute Gasteiger partial charge is 0.362 e. The molecule has 0 saturated carbocycles. The second-order valence-electron chi connectivity index (χ2n) is 5.53. The lowest BCUT2D eigenvalue weighted by Crippen LogP contribution is -2.10. The van der Waals surface area contributed by atoms with Crippen LogP contribution in [0.15, 0.2) is 83.0 Å². The van der Waals surface area contributed by atoms with Crippen molar-refractivity contribution in [1.82, 2.24) is 0 Å². The molecular formula is C20H13Cl2N3O3. The van der Waals surface area contributed by atoms with E-state index in [-0.39, 0.29) is 5.56 Å². The van der Waals surface area contributed by atoms with Gasteiger partial charge in [-0.2, -0.15) is 0 Å². The zero-order valence-electron chi connectivity index (χ0n) is 14.3. The average molecular weight is 414 g/mol. The summed E-state index contributed by atoms with van der Waals surface area (Å²) in [6.07, 6.45) is 0. The standard InChI is InChI=1S/C20H13Cl2N3O3/c21-14-5-3-4-13(12-14)20(27)28-25-16-10-8-15(9-11-16)23-24-19(26)17-6-1-2-7-18(17)22/h1-12,25H. The van der Waals surface area contributed by atoms with Crippen LogP contribution in [0.5, 0.6) is 0 Å². The molecule has 0 unspecified atom stereocenters. The molecule has 3 aromatic carbocycles. The van der Waals surface area contributed by atoms with Crippen molar-refractivity contribution in [3.05, 3.63) is 94.0 Å². The van der Waals surface area contributed by atoms with Crippen LogP contribution in [0.3, 0.4) is 0 Å². The molecule has 3 aromatic rings. The molecule has 0 aromatic heterocycles. The van der Waals surface area contributed by atoms with Gasteiger partial charge in [0.1, 0.15) is 0 Å². The van der Waals surface area contributed by atoms with Gasteiger partial charge in [0.2, 0.25) is 0 Å². The van der Waals surface area contributed by atoms with E-state index in [9.17, 15) is 9.59 Å². The molecule has 6 nitrogen and oxygen atoms in total. The quantitative estimate of drug-likeness (QED) is 0.404. The van der Waals surface area contributed by atoms with Crippen molar-refractivity contribution in [2.75, 3.05) is 5.48 Å². The number of carbonyl (C=O) groups is 2. The number of nitrogens with zero attached hydrogens (tertiary/aromatic N) is 2. The highest BCUT2D eigenvalue weighted by atomic mass is 35.5. The van der Waals surface area contributed by atoms with Crippen LogP contribution in [0, 0.1) is 0 Å². The summed E-state index contributed by atoms with van der Waals surface area (Å²) in [6, 6.07) is 19.5. The molecule has 0 spiro atoms. The number of hydrogen-bond acceptors (Lipinski definition) is 5.